The second-order valence-electron chi connectivity index (χ2n) is 6.89. The van der Waals surface area contributed by atoms with Gasteiger partial charge in [-0.3, -0.25) is 9.69 Å². The molecule has 4 rings (SSSR count). The zero-order valence-electron chi connectivity index (χ0n) is 13.4. The van der Waals surface area contributed by atoms with Crippen molar-refractivity contribution < 1.29 is 14.6 Å². The first-order valence-electron chi connectivity index (χ1n) is 8.41. The highest BCUT2D eigenvalue weighted by molar-refractivity contribution is 9.10. The molecule has 1 unspecified atom stereocenters. The minimum absolute atomic E-state index is 0.188. The molecule has 2 aromatic rings. The van der Waals surface area contributed by atoms with Gasteiger partial charge < -0.3 is 14.8 Å². The first-order chi connectivity index (χ1) is 11.6. The van der Waals surface area contributed by atoms with Crippen LogP contribution in [0.25, 0.3) is 10.9 Å². The molecule has 3 heterocycles. The molecule has 24 heavy (non-hydrogen) atoms. The first-order valence-corrected chi connectivity index (χ1v) is 9.20. The molecule has 6 heteroatoms. The van der Waals surface area contributed by atoms with Gasteiger partial charge in [-0.05, 0) is 40.3 Å². The second kappa shape index (κ2) is 6.50. The minimum Gasteiger partial charge on any atom is -0.481 e. The molecule has 0 spiro atoms. The molecular weight excluding hydrogens is 372 g/mol. The maximum absolute atomic E-state index is 11.7. The fourth-order valence-electron chi connectivity index (χ4n) is 4.17. The van der Waals surface area contributed by atoms with Crippen molar-refractivity contribution in [2.24, 2.45) is 17.8 Å². The number of rotatable bonds is 4. The summed E-state index contributed by atoms with van der Waals surface area (Å²) in [6.07, 6.45) is 0.984. The van der Waals surface area contributed by atoms with E-state index in [0.29, 0.717) is 19.1 Å². The number of hydrogen-bond acceptors (Lipinski definition) is 3. The molecule has 0 bridgehead atoms. The second-order valence-corrected chi connectivity index (χ2v) is 7.68. The highest BCUT2D eigenvalue weighted by Crippen LogP contribution is 2.36. The number of aliphatic carboxylic acids is 1. The number of carboxylic acid groups (broad SMARTS) is 1. The van der Waals surface area contributed by atoms with E-state index in [1.165, 1.54) is 5.39 Å². The van der Waals surface area contributed by atoms with Gasteiger partial charge in [0.25, 0.3) is 0 Å². The van der Waals surface area contributed by atoms with Gasteiger partial charge in [-0.15, -0.1) is 0 Å². The number of ether oxygens (including phenoxy) is 1. The summed E-state index contributed by atoms with van der Waals surface area (Å²) in [5.74, 6) is -0.402. The van der Waals surface area contributed by atoms with Gasteiger partial charge in [0, 0.05) is 53.9 Å². The predicted molar refractivity (Wildman–Crippen MR) is 94.8 cm³/mol. The zero-order chi connectivity index (χ0) is 16.7. The van der Waals surface area contributed by atoms with Crippen molar-refractivity contribution >= 4 is 32.8 Å². The third kappa shape index (κ3) is 2.87. The van der Waals surface area contributed by atoms with Crippen molar-refractivity contribution in [1.29, 1.82) is 0 Å². The summed E-state index contributed by atoms with van der Waals surface area (Å²) >= 11 is 3.69. The molecule has 1 aromatic heterocycles. The Hall–Kier alpha value is -1.37. The number of fused-ring (bicyclic) bond motifs is 1. The quantitative estimate of drug-likeness (QED) is 0.838. The number of nitrogens with zero attached hydrogens (tertiary/aromatic N) is 1. The van der Waals surface area contributed by atoms with Crippen LogP contribution in [0.2, 0.25) is 0 Å². The number of aromatic amines is 1. The summed E-state index contributed by atoms with van der Waals surface area (Å²) in [4.78, 5) is 17.4. The van der Waals surface area contributed by atoms with E-state index in [9.17, 15) is 9.90 Å². The van der Waals surface area contributed by atoms with E-state index in [1.807, 2.05) is 12.1 Å². The van der Waals surface area contributed by atoms with Crippen molar-refractivity contribution in [1.82, 2.24) is 9.88 Å². The lowest BCUT2D eigenvalue weighted by molar-refractivity contribution is -0.143. The molecule has 0 radical (unpaired) electrons. The van der Waals surface area contributed by atoms with Crippen molar-refractivity contribution in [3.8, 4) is 0 Å². The Kier molecular flexibility index (Phi) is 4.37. The number of carboxylic acids is 1. The fraction of sp³-hybridized carbons (Fsp3) is 0.500. The lowest BCUT2D eigenvalue weighted by Gasteiger charge is -2.20. The molecule has 5 nitrogen and oxygen atoms in total. The van der Waals surface area contributed by atoms with Crippen LogP contribution in [0.4, 0.5) is 0 Å². The number of likely N-dealkylation sites (tertiary alicyclic amines) is 1. The van der Waals surface area contributed by atoms with Gasteiger partial charge in [0.15, 0.2) is 0 Å². The van der Waals surface area contributed by atoms with Crippen LogP contribution in [0.3, 0.4) is 0 Å². The highest BCUT2D eigenvalue weighted by atomic mass is 79.9. The Balaban J connectivity index is 1.53. The molecule has 128 valence electrons. The van der Waals surface area contributed by atoms with E-state index in [1.54, 1.807) is 0 Å². The van der Waals surface area contributed by atoms with Crippen molar-refractivity contribution in [2.75, 3.05) is 26.3 Å². The lowest BCUT2D eigenvalue weighted by Crippen LogP contribution is -2.28. The van der Waals surface area contributed by atoms with Crippen molar-refractivity contribution in [3.63, 3.8) is 0 Å². The maximum atomic E-state index is 11.7. The summed E-state index contributed by atoms with van der Waals surface area (Å²) in [7, 11) is 0. The summed E-state index contributed by atoms with van der Waals surface area (Å²) in [5.41, 5.74) is 2.22. The third-order valence-electron chi connectivity index (χ3n) is 5.42. The number of H-pyrrole nitrogens is 1. The SMILES string of the molecule is O=C(O)[C@@H]1CN(Cc2[nH]c3ccccc3c2Br)C[C@H]1C1CCOC1. The Morgan fingerprint density at radius 3 is 2.92 bits per heavy atom. The van der Waals surface area contributed by atoms with Crippen LogP contribution in [0.15, 0.2) is 28.7 Å². The molecule has 0 saturated carbocycles. The van der Waals surface area contributed by atoms with E-state index >= 15 is 0 Å². The molecule has 2 aliphatic rings. The molecule has 1 aromatic carbocycles. The van der Waals surface area contributed by atoms with Gasteiger partial charge in [-0.1, -0.05) is 18.2 Å². The fourth-order valence-corrected chi connectivity index (χ4v) is 4.74. The van der Waals surface area contributed by atoms with E-state index in [0.717, 1.165) is 41.8 Å². The van der Waals surface area contributed by atoms with Gasteiger partial charge >= 0.3 is 5.97 Å². The van der Waals surface area contributed by atoms with Crippen molar-refractivity contribution in [3.05, 3.63) is 34.4 Å². The van der Waals surface area contributed by atoms with Crippen LogP contribution in [0.1, 0.15) is 12.1 Å². The minimum atomic E-state index is -0.676. The zero-order valence-corrected chi connectivity index (χ0v) is 15.0. The average Bonchev–Trinajstić information content (AvgIpc) is 3.28. The van der Waals surface area contributed by atoms with Crippen LogP contribution in [-0.2, 0) is 16.1 Å². The number of nitrogens with one attached hydrogen (secondary N) is 1. The highest BCUT2D eigenvalue weighted by Gasteiger charge is 2.43. The number of para-hydroxylation sites is 1. The van der Waals surface area contributed by atoms with E-state index in [4.69, 9.17) is 4.74 Å². The van der Waals surface area contributed by atoms with Crippen LogP contribution in [-0.4, -0.2) is 47.3 Å². The summed E-state index contributed by atoms with van der Waals surface area (Å²) in [6.45, 7) is 3.65. The summed E-state index contributed by atoms with van der Waals surface area (Å²) in [6, 6.07) is 8.19. The van der Waals surface area contributed by atoms with Crippen LogP contribution in [0, 0.1) is 17.8 Å². The third-order valence-corrected chi connectivity index (χ3v) is 6.33. The summed E-state index contributed by atoms with van der Waals surface area (Å²) < 4.78 is 6.57. The standard InChI is InChI=1S/C18H21BrN2O3/c19-17-12-3-1-2-4-15(12)20-16(17)9-21-7-13(11-5-6-24-10-11)14(8-21)18(22)23/h1-4,11,13-14,20H,5-10H2,(H,22,23)/t11?,13-,14+/m0/s1. The summed E-state index contributed by atoms with van der Waals surface area (Å²) in [5, 5.41) is 10.8. The Labute approximate surface area is 149 Å². The topological polar surface area (TPSA) is 65.6 Å². The van der Waals surface area contributed by atoms with Gasteiger partial charge in [-0.2, -0.15) is 0 Å². The lowest BCUT2D eigenvalue weighted by atomic mass is 9.83. The maximum Gasteiger partial charge on any atom is 0.308 e. The van der Waals surface area contributed by atoms with Crippen LogP contribution in [0.5, 0.6) is 0 Å². The monoisotopic (exact) mass is 392 g/mol. The predicted octanol–water partition coefficient (Wildman–Crippen LogP) is 3.10. The molecule has 2 saturated heterocycles. The molecule has 2 aliphatic heterocycles. The molecule has 2 N–H and O–H groups in total. The van der Waals surface area contributed by atoms with E-state index in [-0.39, 0.29) is 11.8 Å². The Morgan fingerprint density at radius 1 is 1.38 bits per heavy atom. The van der Waals surface area contributed by atoms with Crippen LogP contribution >= 0.6 is 15.9 Å². The number of benzene rings is 1. The smallest absolute Gasteiger partial charge is 0.308 e. The number of carbonyl (C=O) groups is 1. The van der Waals surface area contributed by atoms with Gasteiger partial charge in [-0.25, -0.2) is 0 Å². The molecular formula is C18H21BrN2O3. The molecule has 2 fully saturated rings. The number of hydrogen-bond donors (Lipinski definition) is 2. The van der Waals surface area contributed by atoms with E-state index < -0.39 is 5.97 Å². The first kappa shape index (κ1) is 16.1. The molecule has 3 atom stereocenters. The Bertz CT molecular complexity index is 754. The molecule has 0 amide bonds. The number of aromatic nitrogens is 1. The Morgan fingerprint density at radius 2 is 2.21 bits per heavy atom. The van der Waals surface area contributed by atoms with Crippen molar-refractivity contribution in [2.45, 2.75) is 13.0 Å². The van der Waals surface area contributed by atoms with Gasteiger partial charge in [0.2, 0.25) is 0 Å². The number of halogens is 1. The largest absolute Gasteiger partial charge is 0.481 e. The normalized spacial score (nSPS) is 28.0. The molecule has 0 aliphatic carbocycles. The van der Waals surface area contributed by atoms with Gasteiger partial charge in [0.05, 0.1) is 5.92 Å². The van der Waals surface area contributed by atoms with E-state index in [2.05, 4.69) is 37.9 Å². The van der Waals surface area contributed by atoms with Gasteiger partial charge in [0.1, 0.15) is 0 Å². The average molecular weight is 393 g/mol. The van der Waals surface area contributed by atoms with Crippen LogP contribution < -0.4 is 0 Å².